The fourth-order valence-corrected chi connectivity index (χ4v) is 5.79. The van der Waals surface area contributed by atoms with Crippen LogP contribution in [0.25, 0.3) is 11.0 Å². The number of benzene rings is 3. The summed E-state index contributed by atoms with van der Waals surface area (Å²) in [7, 11) is -2.56. The Bertz CT molecular complexity index is 1510. The summed E-state index contributed by atoms with van der Waals surface area (Å²) in [6.07, 6.45) is 0. The molecule has 8 nitrogen and oxygen atoms in total. The number of anilines is 2. The molecule has 0 N–H and O–H groups in total. The molecule has 1 aromatic heterocycles. The Morgan fingerprint density at radius 1 is 0.833 bits per heavy atom. The van der Waals surface area contributed by atoms with Crippen molar-refractivity contribution in [2.45, 2.75) is 10.1 Å². The van der Waals surface area contributed by atoms with E-state index in [2.05, 4.69) is 22.0 Å². The van der Waals surface area contributed by atoms with Gasteiger partial charge < -0.3 is 14.5 Å². The van der Waals surface area contributed by atoms with E-state index in [0.717, 1.165) is 18.8 Å². The SMILES string of the molecule is COc1ccc(S(=O)(=O)[C@@H](C#N)c2nc3ccccc3nc2N2CCN(c3ccccc3)CC2)cc1. The van der Waals surface area contributed by atoms with Crippen LogP contribution in [0.5, 0.6) is 5.75 Å². The van der Waals surface area contributed by atoms with Gasteiger partial charge in [-0.2, -0.15) is 5.26 Å². The minimum absolute atomic E-state index is 0.0321. The average molecular weight is 500 g/mol. The monoisotopic (exact) mass is 499 g/mol. The molecule has 0 aliphatic carbocycles. The van der Waals surface area contributed by atoms with Gasteiger partial charge in [-0.3, -0.25) is 0 Å². The molecule has 0 bridgehead atoms. The van der Waals surface area contributed by atoms with Crippen LogP contribution in [0.15, 0.2) is 83.8 Å². The predicted molar refractivity (Wildman–Crippen MR) is 139 cm³/mol. The maximum absolute atomic E-state index is 13.6. The number of aromatic nitrogens is 2. The number of piperazine rings is 1. The van der Waals surface area contributed by atoms with Crippen LogP contribution < -0.4 is 14.5 Å². The maximum Gasteiger partial charge on any atom is 0.200 e. The molecule has 1 atom stereocenters. The van der Waals surface area contributed by atoms with Crippen molar-refractivity contribution >= 4 is 32.4 Å². The minimum Gasteiger partial charge on any atom is -0.497 e. The highest BCUT2D eigenvalue weighted by Crippen LogP contribution is 2.35. The smallest absolute Gasteiger partial charge is 0.200 e. The molecule has 1 aliphatic heterocycles. The van der Waals surface area contributed by atoms with E-state index < -0.39 is 15.1 Å². The van der Waals surface area contributed by atoms with E-state index in [-0.39, 0.29) is 10.6 Å². The second-order valence-corrected chi connectivity index (χ2v) is 10.5. The Hall–Kier alpha value is -4.16. The van der Waals surface area contributed by atoms with E-state index in [0.29, 0.717) is 35.7 Å². The van der Waals surface area contributed by atoms with Gasteiger partial charge in [0.25, 0.3) is 0 Å². The van der Waals surface area contributed by atoms with Gasteiger partial charge in [0.1, 0.15) is 11.4 Å². The third kappa shape index (κ3) is 4.43. The van der Waals surface area contributed by atoms with Crippen molar-refractivity contribution < 1.29 is 13.2 Å². The number of hydrogen-bond donors (Lipinski definition) is 0. The lowest BCUT2D eigenvalue weighted by Gasteiger charge is -2.37. The van der Waals surface area contributed by atoms with Gasteiger partial charge >= 0.3 is 0 Å². The fraction of sp³-hybridized carbons (Fsp3) is 0.222. The molecule has 1 aliphatic rings. The second-order valence-electron chi connectivity index (χ2n) is 8.46. The second kappa shape index (κ2) is 9.84. The van der Waals surface area contributed by atoms with Gasteiger partial charge in [0.15, 0.2) is 11.1 Å². The summed E-state index contributed by atoms with van der Waals surface area (Å²) in [5.41, 5.74) is 2.49. The average Bonchev–Trinajstić information content (AvgIpc) is 2.93. The molecule has 5 rings (SSSR count). The lowest BCUT2D eigenvalue weighted by molar-refractivity contribution is 0.414. The molecule has 0 amide bonds. The fourth-order valence-electron chi connectivity index (χ4n) is 4.41. The standard InChI is InChI=1S/C27H25N5O3S/c1-35-21-11-13-22(14-12-21)36(33,34)25(19-28)26-27(30-24-10-6-5-9-23(24)29-26)32-17-15-31(16-18-32)20-7-3-2-4-8-20/h2-14,25H,15-18H2,1H3/t25-/m0/s1. The molecular weight excluding hydrogens is 474 g/mol. The van der Waals surface area contributed by atoms with Crippen molar-refractivity contribution in [3.63, 3.8) is 0 Å². The zero-order valence-corrected chi connectivity index (χ0v) is 20.6. The van der Waals surface area contributed by atoms with Gasteiger partial charge in [-0.1, -0.05) is 30.3 Å². The number of hydrogen-bond acceptors (Lipinski definition) is 8. The topological polar surface area (TPSA) is 99.4 Å². The summed E-state index contributed by atoms with van der Waals surface area (Å²) in [5.74, 6) is 0.968. The van der Waals surface area contributed by atoms with Crippen molar-refractivity contribution in [1.82, 2.24) is 9.97 Å². The van der Waals surface area contributed by atoms with Crippen LogP contribution in [0, 0.1) is 11.3 Å². The van der Waals surface area contributed by atoms with Crippen LogP contribution in [0.4, 0.5) is 11.5 Å². The lowest BCUT2D eigenvalue weighted by Crippen LogP contribution is -2.47. The zero-order valence-electron chi connectivity index (χ0n) is 19.8. The van der Waals surface area contributed by atoms with Crippen LogP contribution >= 0.6 is 0 Å². The van der Waals surface area contributed by atoms with Crippen LogP contribution in [-0.2, 0) is 9.84 Å². The third-order valence-corrected chi connectivity index (χ3v) is 8.22. The van der Waals surface area contributed by atoms with E-state index in [9.17, 15) is 13.7 Å². The van der Waals surface area contributed by atoms with Crippen LogP contribution in [-0.4, -0.2) is 51.7 Å². The predicted octanol–water partition coefficient (Wildman–Crippen LogP) is 4.00. The number of para-hydroxylation sites is 3. The summed E-state index contributed by atoms with van der Waals surface area (Å²) in [6.45, 7) is 2.71. The Morgan fingerprint density at radius 2 is 1.42 bits per heavy atom. The molecule has 2 heterocycles. The van der Waals surface area contributed by atoms with E-state index in [1.165, 1.54) is 19.2 Å². The molecule has 1 fully saturated rings. The maximum atomic E-state index is 13.6. The molecule has 0 saturated carbocycles. The molecule has 1 saturated heterocycles. The molecule has 0 spiro atoms. The molecule has 0 unspecified atom stereocenters. The number of sulfone groups is 1. The molecule has 182 valence electrons. The summed E-state index contributed by atoms with van der Waals surface area (Å²) in [4.78, 5) is 13.8. The Balaban J connectivity index is 1.54. The van der Waals surface area contributed by atoms with E-state index in [1.807, 2.05) is 47.4 Å². The van der Waals surface area contributed by atoms with Crippen LogP contribution in [0.1, 0.15) is 10.9 Å². The number of rotatable bonds is 6. The van der Waals surface area contributed by atoms with Gasteiger partial charge in [0.2, 0.25) is 9.84 Å². The van der Waals surface area contributed by atoms with E-state index in [1.54, 1.807) is 18.2 Å². The molecule has 36 heavy (non-hydrogen) atoms. The quantitative estimate of drug-likeness (QED) is 0.393. The largest absolute Gasteiger partial charge is 0.497 e. The highest BCUT2D eigenvalue weighted by Gasteiger charge is 2.35. The number of methoxy groups -OCH3 is 1. The van der Waals surface area contributed by atoms with Crippen molar-refractivity contribution in [3.8, 4) is 11.8 Å². The van der Waals surface area contributed by atoms with Crippen LogP contribution in [0.3, 0.4) is 0 Å². The number of nitrogens with zero attached hydrogens (tertiary/aromatic N) is 5. The first-order chi connectivity index (χ1) is 17.5. The summed E-state index contributed by atoms with van der Waals surface area (Å²) in [5, 5.41) is 8.61. The Kier molecular flexibility index (Phi) is 6.44. The highest BCUT2D eigenvalue weighted by molar-refractivity contribution is 7.92. The van der Waals surface area contributed by atoms with Crippen LogP contribution in [0.2, 0.25) is 0 Å². The molecule has 4 aromatic rings. The van der Waals surface area contributed by atoms with Gasteiger partial charge in [-0.15, -0.1) is 0 Å². The normalized spacial score (nSPS) is 14.9. The van der Waals surface area contributed by atoms with Gasteiger partial charge in [0, 0.05) is 31.9 Å². The molecular formula is C27H25N5O3S. The lowest BCUT2D eigenvalue weighted by atomic mass is 10.2. The zero-order chi connectivity index (χ0) is 25.1. The first kappa shape index (κ1) is 23.6. The molecule has 9 heteroatoms. The van der Waals surface area contributed by atoms with E-state index >= 15 is 0 Å². The molecule has 3 aromatic carbocycles. The Morgan fingerprint density at radius 3 is 2.03 bits per heavy atom. The minimum atomic E-state index is -4.07. The van der Waals surface area contributed by atoms with Crippen molar-refractivity contribution in [2.24, 2.45) is 0 Å². The van der Waals surface area contributed by atoms with E-state index in [4.69, 9.17) is 9.72 Å². The van der Waals surface area contributed by atoms with Crippen molar-refractivity contribution in [3.05, 3.63) is 84.6 Å². The highest BCUT2D eigenvalue weighted by atomic mass is 32.2. The first-order valence-corrected chi connectivity index (χ1v) is 13.1. The summed E-state index contributed by atoms with van der Waals surface area (Å²) in [6, 6.07) is 25.5. The number of fused-ring (bicyclic) bond motifs is 1. The summed E-state index contributed by atoms with van der Waals surface area (Å²) >= 11 is 0. The van der Waals surface area contributed by atoms with Gasteiger partial charge in [0.05, 0.1) is 29.1 Å². The third-order valence-electron chi connectivity index (χ3n) is 6.34. The van der Waals surface area contributed by atoms with Crippen molar-refractivity contribution in [1.29, 1.82) is 5.26 Å². The van der Waals surface area contributed by atoms with Gasteiger partial charge in [-0.05, 0) is 48.5 Å². The number of nitriles is 1. The van der Waals surface area contributed by atoms with Gasteiger partial charge in [-0.25, -0.2) is 18.4 Å². The Labute approximate surface area is 210 Å². The number of ether oxygens (including phenoxy) is 1. The molecule has 0 radical (unpaired) electrons. The first-order valence-electron chi connectivity index (χ1n) is 11.6. The summed E-state index contributed by atoms with van der Waals surface area (Å²) < 4.78 is 32.4. The van der Waals surface area contributed by atoms with Crippen molar-refractivity contribution in [2.75, 3.05) is 43.1 Å².